The molecule has 6 nitrogen and oxygen atoms in total. The van der Waals surface area contributed by atoms with Crippen LogP contribution in [0.3, 0.4) is 0 Å². The van der Waals surface area contributed by atoms with Gasteiger partial charge in [0.2, 0.25) is 5.91 Å². The zero-order valence-electron chi connectivity index (χ0n) is 16.2. The van der Waals surface area contributed by atoms with Crippen molar-refractivity contribution in [3.63, 3.8) is 0 Å². The Morgan fingerprint density at radius 1 is 1.15 bits per heavy atom. The number of aromatic nitrogens is 2. The first kappa shape index (κ1) is 17.4. The number of likely N-dealkylation sites (N-methyl/N-ethyl adjacent to an activating group) is 1. The Labute approximate surface area is 164 Å². The van der Waals surface area contributed by atoms with E-state index in [0.717, 1.165) is 63.9 Å². The number of amides is 1. The van der Waals surface area contributed by atoms with Gasteiger partial charge in [-0.3, -0.25) is 9.69 Å². The molecular formula is C20H27N5OS. The Morgan fingerprint density at radius 2 is 1.93 bits per heavy atom. The van der Waals surface area contributed by atoms with Crippen molar-refractivity contribution in [2.45, 2.75) is 45.6 Å². The fraction of sp³-hybridized carbons (Fsp3) is 0.650. The van der Waals surface area contributed by atoms with E-state index in [-0.39, 0.29) is 5.91 Å². The molecule has 2 aromatic heterocycles. The topological polar surface area (TPSA) is 52.6 Å². The van der Waals surface area contributed by atoms with Crippen LogP contribution in [0.2, 0.25) is 0 Å². The number of nitrogens with zero attached hydrogens (tertiary/aromatic N) is 5. The SMILES string of the molecule is CCN1CCc2c(sc3nc(C4CC4)nc(N4CCN(C(C)=O)CC4)c23)C1. The lowest BCUT2D eigenvalue weighted by molar-refractivity contribution is -0.129. The van der Waals surface area contributed by atoms with Crippen LogP contribution in [-0.4, -0.2) is 64.9 Å². The summed E-state index contributed by atoms with van der Waals surface area (Å²) >= 11 is 1.88. The van der Waals surface area contributed by atoms with Crippen molar-refractivity contribution in [2.24, 2.45) is 0 Å². The van der Waals surface area contributed by atoms with Crippen molar-refractivity contribution in [1.29, 1.82) is 0 Å². The zero-order valence-corrected chi connectivity index (χ0v) is 17.0. The highest BCUT2D eigenvalue weighted by molar-refractivity contribution is 7.19. The number of anilines is 1. The zero-order chi connectivity index (χ0) is 18.5. The molecule has 1 aliphatic carbocycles. The Bertz CT molecular complexity index is 882. The number of hydrogen-bond donors (Lipinski definition) is 0. The molecule has 3 aliphatic rings. The van der Waals surface area contributed by atoms with E-state index in [2.05, 4.69) is 16.7 Å². The van der Waals surface area contributed by atoms with E-state index in [4.69, 9.17) is 9.97 Å². The van der Waals surface area contributed by atoms with Crippen LogP contribution in [0.25, 0.3) is 10.2 Å². The van der Waals surface area contributed by atoms with E-state index in [1.807, 2.05) is 16.2 Å². The highest BCUT2D eigenvalue weighted by Gasteiger charge is 2.32. The lowest BCUT2D eigenvalue weighted by Gasteiger charge is -2.35. The van der Waals surface area contributed by atoms with E-state index in [9.17, 15) is 4.79 Å². The third kappa shape index (κ3) is 3.10. The van der Waals surface area contributed by atoms with Crippen molar-refractivity contribution >= 4 is 33.3 Å². The Kier molecular flexibility index (Phi) is 4.31. The van der Waals surface area contributed by atoms with Gasteiger partial charge in [-0.2, -0.15) is 0 Å². The molecule has 1 amide bonds. The molecule has 27 heavy (non-hydrogen) atoms. The van der Waals surface area contributed by atoms with Crippen LogP contribution in [0, 0.1) is 0 Å². The Morgan fingerprint density at radius 3 is 2.59 bits per heavy atom. The third-order valence-electron chi connectivity index (χ3n) is 6.19. The van der Waals surface area contributed by atoms with Crippen LogP contribution in [0.15, 0.2) is 0 Å². The predicted octanol–water partition coefficient (Wildman–Crippen LogP) is 2.62. The quantitative estimate of drug-likeness (QED) is 0.813. The number of fused-ring (bicyclic) bond motifs is 3. The van der Waals surface area contributed by atoms with E-state index in [0.29, 0.717) is 5.92 Å². The summed E-state index contributed by atoms with van der Waals surface area (Å²) in [4.78, 5) is 31.3. The van der Waals surface area contributed by atoms with Gasteiger partial charge in [-0.1, -0.05) is 6.92 Å². The molecule has 0 N–H and O–H groups in total. The molecule has 2 fully saturated rings. The minimum atomic E-state index is 0.175. The predicted molar refractivity (Wildman–Crippen MR) is 109 cm³/mol. The maximum absolute atomic E-state index is 11.7. The summed E-state index contributed by atoms with van der Waals surface area (Å²) in [7, 11) is 0. The highest BCUT2D eigenvalue weighted by atomic mass is 32.1. The summed E-state index contributed by atoms with van der Waals surface area (Å²) in [5, 5.41) is 1.30. The van der Waals surface area contributed by atoms with Crippen LogP contribution in [-0.2, 0) is 17.8 Å². The number of thiophene rings is 1. The Hall–Kier alpha value is -1.73. The molecule has 7 heteroatoms. The van der Waals surface area contributed by atoms with Gasteiger partial charge in [0.05, 0.1) is 5.39 Å². The highest BCUT2D eigenvalue weighted by Crippen LogP contribution is 2.43. The maximum Gasteiger partial charge on any atom is 0.219 e. The van der Waals surface area contributed by atoms with Crippen molar-refractivity contribution < 1.29 is 4.79 Å². The van der Waals surface area contributed by atoms with Gasteiger partial charge >= 0.3 is 0 Å². The van der Waals surface area contributed by atoms with Crippen molar-refractivity contribution in [3.8, 4) is 0 Å². The second-order valence-corrected chi connectivity index (χ2v) is 9.06. The normalized spacial score (nSPS) is 21.0. The largest absolute Gasteiger partial charge is 0.352 e. The first-order valence-corrected chi connectivity index (χ1v) is 11.0. The van der Waals surface area contributed by atoms with Crippen molar-refractivity contribution in [1.82, 2.24) is 19.8 Å². The van der Waals surface area contributed by atoms with E-state index in [1.165, 1.54) is 33.5 Å². The molecule has 2 aliphatic heterocycles. The molecule has 0 bridgehead atoms. The van der Waals surface area contributed by atoms with Gasteiger partial charge in [0.15, 0.2) is 0 Å². The molecule has 0 radical (unpaired) electrons. The average Bonchev–Trinajstić information content (AvgIpc) is 3.47. The maximum atomic E-state index is 11.7. The van der Waals surface area contributed by atoms with Crippen molar-refractivity contribution in [3.05, 3.63) is 16.3 Å². The molecule has 1 saturated carbocycles. The lowest BCUT2D eigenvalue weighted by atomic mass is 10.0. The van der Waals surface area contributed by atoms with Crippen LogP contribution in [0.5, 0.6) is 0 Å². The van der Waals surface area contributed by atoms with Gasteiger partial charge in [-0.05, 0) is 31.4 Å². The molecule has 1 saturated heterocycles. The third-order valence-corrected chi connectivity index (χ3v) is 7.30. The van der Waals surface area contributed by atoms with Crippen LogP contribution in [0.4, 0.5) is 5.82 Å². The van der Waals surface area contributed by atoms with Crippen LogP contribution < -0.4 is 4.90 Å². The monoisotopic (exact) mass is 385 g/mol. The second kappa shape index (κ2) is 6.71. The molecule has 144 valence electrons. The first-order valence-electron chi connectivity index (χ1n) is 10.2. The van der Waals surface area contributed by atoms with Crippen LogP contribution in [0.1, 0.15) is 48.9 Å². The van der Waals surface area contributed by atoms with Gasteiger partial charge in [0.25, 0.3) is 0 Å². The number of carbonyl (C=O) groups excluding carboxylic acids is 1. The molecule has 5 rings (SSSR count). The molecular weight excluding hydrogens is 358 g/mol. The van der Waals surface area contributed by atoms with Crippen molar-refractivity contribution in [2.75, 3.05) is 44.2 Å². The lowest BCUT2D eigenvalue weighted by Crippen LogP contribution is -2.48. The summed E-state index contributed by atoms with van der Waals surface area (Å²) in [5.74, 6) is 2.90. The molecule has 4 heterocycles. The molecule has 0 aromatic carbocycles. The molecule has 0 spiro atoms. The van der Waals surface area contributed by atoms with Gasteiger partial charge in [-0.15, -0.1) is 11.3 Å². The summed E-state index contributed by atoms with van der Waals surface area (Å²) in [6.45, 7) is 10.5. The minimum absolute atomic E-state index is 0.175. The van der Waals surface area contributed by atoms with Gasteiger partial charge in [-0.25, -0.2) is 9.97 Å². The van der Waals surface area contributed by atoms with E-state index >= 15 is 0 Å². The van der Waals surface area contributed by atoms with Gasteiger partial charge in [0, 0.05) is 57.0 Å². The second-order valence-electron chi connectivity index (χ2n) is 7.98. The van der Waals surface area contributed by atoms with E-state index in [1.54, 1.807) is 6.92 Å². The van der Waals surface area contributed by atoms with Gasteiger partial charge in [0.1, 0.15) is 16.5 Å². The molecule has 2 aromatic rings. The molecule has 0 atom stereocenters. The minimum Gasteiger partial charge on any atom is -0.352 e. The summed E-state index contributed by atoms with van der Waals surface area (Å²) in [5.41, 5.74) is 1.48. The number of carbonyl (C=O) groups is 1. The smallest absolute Gasteiger partial charge is 0.219 e. The van der Waals surface area contributed by atoms with Crippen LogP contribution >= 0.6 is 11.3 Å². The van der Waals surface area contributed by atoms with Gasteiger partial charge < -0.3 is 9.80 Å². The first-order chi connectivity index (χ1) is 13.1. The molecule has 0 unspecified atom stereocenters. The standard InChI is InChI=1S/C20H27N5OS/c1-3-23-7-6-15-16(12-23)27-20-17(15)19(21-18(22-20)14-4-5-14)25-10-8-24(9-11-25)13(2)26/h14H,3-12H2,1-2H3. The Balaban J connectivity index is 1.56. The van der Waals surface area contributed by atoms with E-state index < -0.39 is 0 Å². The number of rotatable bonds is 3. The number of piperazine rings is 1. The average molecular weight is 386 g/mol. The fourth-order valence-corrected chi connectivity index (χ4v) is 5.56. The summed E-state index contributed by atoms with van der Waals surface area (Å²) in [6, 6.07) is 0. The summed E-state index contributed by atoms with van der Waals surface area (Å²) < 4.78 is 0. The summed E-state index contributed by atoms with van der Waals surface area (Å²) in [6.07, 6.45) is 3.53. The number of hydrogen-bond acceptors (Lipinski definition) is 6. The fourth-order valence-electron chi connectivity index (χ4n) is 4.30.